The van der Waals surface area contributed by atoms with Gasteiger partial charge >= 0.3 is 0 Å². The number of hydrogen-bond donors (Lipinski definition) is 0. The first kappa shape index (κ1) is 14.1. The van der Waals surface area contributed by atoms with E-state index >= 15 is 0 Å². The Bertz CT molecular complexity index is 1220. The summed E-state index contributed by atoms with van der Waals surface area (Å²) in [5.74, 6) is 1.59. The average molecular weight is 319 g/mol. The summed E-state index contributed by atoms with van der Waals surface area (Å²) in [7, 11) is 0. The van der Waals surface area contributed by atoms with Gasteiger partial charge in [-0.1, -0.05) is 66.7 Å². The largest absolute Gasteiger partial charge is 0.456 e. The molecule has 0 atom stereocenters. The van der Waals surface area contributed by atoms with Crippen molar-refractivity contribution < 1.29 is 4.74 Å². The van der Waals surface area contributed by atoms with E-state index in [1.165, 1.54) is 21.5 Å². The molecule has 0 aromatic heterocycles. The lowest BCUT2D eigenvalue weighted by Crippen LogP contribution is -1.86. The number of ether oxygens (including phenoxy) is 1. The van der Waals surface area contributed by atoms with Gasteiger partial charge in [0.2, 0.25) is 0 Å². The SMILES string of the molecule is [c]1c(Oc2cccc3ccccc23)ccc2cc3ccccc3cc12. The highest BCUT2D eigenvalue weighted by molar-refractivity contribution is 5.98. The van der Waals surface area contributed by atoms with Crippen LogP contribution in [0, 0.1) is 6.07 Å². The van der Waals surface area contributed by atoms with Gasteiger partial charge in [0.1, 0.15) is 11.5 Å². The maximum Gasteiger partial charge on any atom is 0.136 e. The quantitative estimate of drug-likeness (QED) is 0.327. The Morgan fingerprint density at radius 2 is 1.28 bits per heavy atom. The maximum absolute atomic E-state index is 6.16. The molecule has 0 fully saturated rings. The third-order valence-electron chi connectivity index (χ3n) is 4.56. The summed E-state index contributed by atoms with van der Waals surface area (Å²) in [6.07, 6.45) is 0. The van der Waals surface area contributed by atoms with Crippen LogP contribution in [0.15, 0.2) is 91.0 Å². The van der Waals surface area contributed by atoms with Gasteiger partial charge in [-0.3, -0.25) is 0 Å². The molecule has 5 aromatic carbocycles. The molecule has 0 bridgehead atoms. The van der Waals surface area contributed by atoms with Gasteiger partial charge in [0.25, 0.3) is 0 Å². The molecule has 0 aliphatic carbocycles. The minimum atomic E-state index is 0.735. The second kappa shape index (κ2) is 5.64. The number of benzene rings is 5. The molecule has 1 nitrogen and oxygen atoms in total. The van der Waals surface area contributed by atoms with Crippen LogP contribution in [0.5, 0.6) is 11.5 Å². The summed E-state index contributed by atoms with van der Waals surface area (Å²) in [6.45, 7) is 0. The van der Waals surface area contributed by atoms with Crippen molar-refractivity contribution in [2.75, 3.05) is 0 Å². The van der Waals surface area contributed by atoms with Crippen molar-refractivity contribution in [2.45, 2.75) is 0 Å². The summed E-state index contributed by atoms with van der Waals surface area (Å²) >= 11 is 0. The molecule has 117 valence electrons. The van der Waals surface area contributed by atoms with Crippen molar-refractivity contribution in [1.29, 1.82) is 0 Å². The van der Waals surface area contributed by atoms with Crippen LogP contribution in [-0.2, 0) is 0 Å². The first-order chi connectivity index (χ1) is 12.4. The third-order valence-corrected chi connectivity index (χ3v) is 4.56. The van der Waals surface area contributed by atoms with Crippen LogP contribution in [-0.4, -0.2) is 0 Å². The Morgan fingerprint density at radius 3 is 2.16 bits per heavy atom. The highest BCUT2D eigenvalue weighted by Crippen LogP contribution is 2.32. The predicted octanol–water partition coefficient (Wildman–Crippen LogP) is 6.74. The van der Waals surface area contributed by atoms with Crippen molar-refractivity contribution in [3.8, 4) is 11.5 Å². The molecule has 0 spiro atoms. The van der Waals surface area contributed by atoms with Crippen LogP contribution in [0.3, 0.4) is 0 Å². The van der Waals surface area contributed by atoms with Gasteiger partial charge in [0.05, 0.1) is 0 Å². The first-order valence-corrected chi connectivity index (χ1v) is 8.37. The molecule has 1 radical (unpaired) electrons. The molecule has 0 heterocycles. The van der Waals surface area contributed by atoms with E-state index in [0.29, 0.717) is 0 Å². The maximum atomic E-state index is 6.16. The molecule has 0 amide bonds. The van der Waals surface area contributed by atoms with Crippen LogP contribution in [0.2, 0.25) is 0 Å². The number of rotatable bonds is 2. The zero-order valence-corrected chi connectivity index (χ0v) is 13.6. The van der Waals surface area contributed by atoms with E-state index in [4.69, 9.17) is 4.74 Å². The van der Waals surface area contributed by atoms with Crippen LogP contribution in [0.4, 0.5) is 0 Å². The molecular weight excluding hydrogens is 304 g/mol. The highest BCUT2D eigenvalue weighted by atomic mass is 16.5. The van der Waals surface area contributed by atoms with E-state index in [2.05, 4.69) is 66.7 Å². The Kier molecular flexibility index (Phi) is 3.17. The van der Waals surface area contributed by atoms with Gasteiger partial charge in [-0.25, -0.2) is 0 Å². The summed E-state index contributed by atoms with van der Waals surface area (Å²) in [5.41, 5.74) is 0. The van der Waals surface area contributed by atoms with E-state index in [1.807, 2.05) is 30.3 Å². The van der Waals surface area contributed by atoms with E-state index in [1.54, 1.807) is 0 Å². The fourth-order valence-electron chi connectivity index (χ4n) is 3.31. The van der Waals surface area contributed by atoms with Gasteiger partial charge in [0.15, 0.2) is 0 Å². The lowest BCUT2D eigenvalue weighted by atomic mass is 10.0. The van der Waals surface area contributed by atoms with Crippen LogP contribution < -0.4 is 4.74 Å². The predicted molar refractivity (Wildman–Crippen MR) is 104 cm³/mol. The molecule has 0 unspecified atom stereocenters. The van der Waals surface area contributed by atoms with E-state index in [0.717, 1.165) is 22.3 Å². The molecule has 0 aliphatic rings. The summed E-state index contributed by atoms with van der Waals surface area (Å²) in [4.78, 5) is 0. The monoisotopic (exact) mass is 319 g/mol. The highest BCUT2D eigenvalue weighted by Gasteiger charge is 2.05. The standard InChI is InChI=1S/C24H15O/c1-2-8-19-15-21-16-22(13-12-20(21)14-18(19)7-1)25-24-11-5-9-17-6-3-4-10-23(17)24/h1-15H. The summed E-state index contributed by atoms with van der Waals surface area (Å²) < 4.78 is 6.16. The van der Waals surface area contributed by atoms with Crippen LogP contribution >= 0.6 is 0 Å². The van der Waals surface area contributed by atoms with Crippen molar-refractivity contribution >= 4 is 32.3 Å². The van der Waals surface area contributed by atoms with Crippen LogP contribution in [0.1, 0.15) is 0 Å². The van der Waals surface area contributed by atoms with E-state index < -0.39 is 0 Å². The second-order valence-corrected chi connectivity index (χ2v) is 6.19. The van der Waals surface area contributed by atoms with E-state index in [9.17, 15) is 0 Å². The zero-order valence-electron chi connectivity index (χ0n) is 13.6. The van der Waals surface area contributed by atoms with Gasteiger partial charge < -0.3 is 4.74 Å². The molecule has 0 saturated heterocycles. The first-order valence-electron chi connectivity index (χ1n) is 8.37. The van der Waals surface area contributed by atoms with Crippen LogP contribution in [0.25, 0.3) is 32.3 Å². The van der Waals surface area contributed by atoms with Crippen molar-refractivity contribution in [3.05, 3.63) is 97.1 Å². The van der Waals surface area contributed by atoms with Gasteiger partial charge in [-0.15, -0.1) is 0 Å². The number of hydrogen-bond acceptors (Lipinski definition) is 1. The minimum absolute atomic E-state index is 0.735. The molecule has 0 aliphatic heterocycles. The Hall–Kier alpha value is -3.32. The number of fused-ring (bicyclic) bond motifs is 3. The van der Waals surface area contributed by atoms with E-state index in [-0.39, 0.29) is 0 Å². The minimum Gasteiger partial charge on any atom is -0.456 e. The van der Waals surface area contributed by atoms with Gasteiger partial charge in [0, 0.05) is 11.5 Å². The molecule has 5 aromatic rings. The molecule has 0 N–H and O–H groups in total. The topological polar surface area (TPSA) is 9.23 Å². The summed E-state index contributed by atoms with van der Waals surface area (Å²) in [6, 6.07) is 34.6. The molecule has 1 heteroatoms. The fraction of sp³-hybridized carbons (Fsp3) is 0. The van der Waals surface area contributed by atoms with Crippen molar-refractivity contribution in [1.82, 2.24) is 0 Å². The Balaban J connectivity index is 1.61. The van der Waals surface area contributed by atoms with Crippen molar-refractivity contribution in [3.63, 3.8) is 0 Å². The average Bonchev–Trinajstić information content (AvgIpc) is 2.67. The molecule has 5 rings (SSSR count). The fourth-order valence-corrected chi connectivity index (χ4v) is 3.31. The lowest BCUT2D eigenvalue weighted by molar-refractivity contribution is 0.488. The normalized spacial score (nSPS) is 11.2. The summed E-state index contributed by atoms with van der Waals surface area (Å²) in [5, 5.41) is 6.98. The molecular formula is C24H15O. The Labute approximate surface area is 146 Å². The lowest BCUT2D eigenvalue weighted by Gasteiger charge is -2.10. The molecule has 25 heavy (non-hydrogen) atoms. The van der Waals surface area contributed by atoms with Gasteiger partial charge in [-0.05, 0) is 51.2 Å². The zero-order chi connectivity index (χ0) is 16.6. The van der Waals surface area contributed by atoms with Gasteiger partial charge in [-0.2, -0.15) is 0 Å². The third kappa shape index (κ3) is 2.50. The second-order valence-electron chi connectivity index (χ2n) is 6.19. The Morgan fingerprint density at radius 1 is 0.560 bits per heavy atom. The smallest absolute Gasteiger partial charge is 0.136 e. The van der Waals surface area contributed by atoms with Crippen molar-refractivity contribution in [2.24, 2.45) is 0 Å². The molecule has 0 saturated carbocycles.